The predicted octanol–water partition coefficient (Wildman–Crippen LogP) is 3.09. The minimum Gasteiger partial charge on any atom is -0.388 e. The third-order valence-corrected chi connectivity index (χ3v) is 4.30. The van der Waals surface area contributed by atoms with Gasteiger partial charge in [-0.3, -0.25) is 0 Å². The van der Waals surface area contributed by atoms with Crippen LogP contribution in [0, 0.1) is 5.92 Å². The van der Waals surface area contributed by atoms with Crippen LogP contribution in [0.25, 0.3) is 0 Å². The number of aliphatic hydroxyl groups excluding tert-OH is 1. The second kappa shape index (κ2) is 5.02. The fourth-order valence-electron chi connectivity index (χ4n) is 1.96. The highest BCUT2D eigenvalue weighted by Gasteiger charge is 2.25. The summed E-state index contributed by atoms with van der Waals surface area (Å²) < 4.78 is 1.25. The lowest BCUT2D eigenvalue weighted by molar-refractivity contribution is 0.0926. The van der Waals surface area contributed by atoms with Crippen LogP contribution in [-0.4, -0.2) is 18.2 Å². The zero-order valence-electron chi connectivity index (χ0n) is 8.17. The van der Waals surface area contributed by atoms with Crippen molar-refractivity contribution in [3.05, 3.63) is 20.3 Å². The van der Waals surface area contributed by atoms with Crippen molar-refractivity contribution in [2.45, 2.75) is 18.9 Å². The molecule has 2 heterocycles. The Morgan fingerprint density at radius 2 is 2.33 bits per heavy atom. The van der Waals surface area contributed by atoms with Crippen molar-refractivity contribution in [2.75, 3.05) is 13.1 Å². The van der Waals surface area contributed by atoms with E-state index >= 15 is 0 Å². The molecule has 1 saturated heterocycles. The monoisotopic (exact) mass is 265 g/mol. The molecule has 0 radical (unpaired) electrons. The molecule has 1 aromatic rings. The first kappa shape index (κ1) is 11.7. The maximum Gasteiger partial charge on any atom is 0.100 e. The van der Waals surface area contributed by atoms with Gasteiger partial charge in [-0.25, -0.2) is 0 Å². The first-order valence-electron chi connectivity index (χ1n) is 5.02. The standard InChI is InChI=1S/C10H13Cl2NOS/c11-8-4-7(10(12)15-8)9(14)6-2-1-3-13-5-6/h4,6,9,13-14H,1-3,5H2. The maximum absolute atomic E-state index is 10.2. The van der Waals surface area contributed by atoms with Crippen molar-refractivity contribution in [2.24, 2.45) is 5.92 Å². The first-order valence-corrected chi connectivity index (χ1v) is 6.59. The number of piperidine rings is 1. The Morgan fingerprint density at radius 1 is 1.53 bits per heavy atom. The lowest BCUT2D eigenvalue weighted by atomic mass is 9.91. The average molecular weight is 266 g/mol. The summed E-state index contributed by atoms with van der Waals surface area (Å²) in [6.07, 6.45) is 1.66. The average Bonchev–Trinajstić information content (AvgIpc) is 2.58. The molecule has 2 rings (SSSR count). The molecule has 15 heavy (non-hydrogen) atoms. The summed E-state index contributed by atoms with van der Waals surface area (Å²) >= 11 is 13.2. The van der Waals surface area contributed by atoms with Gasteiger partial charge in [0.15, 0.2) is 0 Å². The largest absolute Gasteiger partial charge is 0.388 e. The van der Waals surface area contributed by atoms with Crippen molar-refractivity contribution in [3.8, 4) is 0 Å². The number of thiophene rings is 1. The molecule has 2 atom stereocenters. The van der Waals surface area contributed by atoms with Crippen LogP contribution in [0.5, 0.6) is 0 Å². The van der Waals surface area contributed by atoms with Crippen LogP contribution in [0.1, 0.15) is 24.5 Å². The quantitative estimate of drug-likeness (QED) is 0.862. The van der Waals surface area contributed by atoms with Crippen molar-refractivity contribution in [1.82, 2.24) is 5.32 Å². The zero-order chi connectivity index (χ0) is 10.8. The summed E-state index contributed by atoms with van der Waals surface area (Å²) in [5, 5.41) is 13.4. The van der Waals surface area contributed by atoms with Crippen LogP contribution in [0.4, 0.5) is 0 Å². The van der Waals surface area contributed by atoms with Crippen LogP contribution >= 0.6 is 34.5 Å². The molecule has 2 unspecified atom stereocenters. The van der Waals surface area contributed by atoms with Crippen LogP contribution in [0.3, 0.4) is 0 Å². The second-order valence-electron chi connectivity index (χ2n) is 3.83. The maximum atomic E-state index is 10.2. The highest BCUT2D eigenvalue weighted by atomic mass is 35.5. The van der Waals surface area contributed by atoms with E-state index in [1.165, 1.54) is 11.3 Å². The van der Waals surface area contributed by atoms with E-state index in [2.05, 4.69) is 5.32 Å². The molecule has 0 spiro atoms. The lowest BCUT2D eigenvalue weighted by Crippen LogP contribution is -2.33. The Balaban J connectivity index is 2.12. The molecule has 1 aliphatic rings. The third-order valence-electron chi connectivity index (χ3n) is 2.78. The van der Waals surface area contributed by atoms with Gasteiger partial charge in [0.25, 0.3) is 0 Å². The molecule has 2 nitrogen and oxygen atoms in total. The van der Waals surface area contributed by atoms with Crippen molar-refractivity contribution in [1.29, 1.82) is 0 Å². The molecule has 5 heteroatoms. The van der Waals surface area contributed by atoms with Gasteiger partial charge in [-0.1, -0.05) is 23.2 Å². The summed E-state index contributed by atoms with van der Waals surface area (Å²) in [6, 6.07) is 1.77. The Labute approximate surface area is 103 Å². The molecule has 2 N–H and O–H groups in total. The smallest absolute Gasteiger partial charge is 0.100 e. The summed E-state index contributed by atoms with van der Waals surface area (Å²) in [7, 11) is 0. The Hall–Kier alpha value is 0.200. The lowest BCUT2D eigenvalue weighted by Gasteiger charge is -2.27. The van der Waals surface area contributed by atoms with Gasteiger partial charge in [0.2, 0.25) is 0 Å². The van der Waals surface area contributed by atoms with Crippen LogP contribution in [-0.2, 0) is 0 Å². The minimum atomic E-state index is -0.492. The number of aliphatic hydroxyl groups is 1. The van der Waals surface area contributed by atoms with Crippen molar-refractivity contribution in [3.63, 3.8) is 0 Å². The van der Waals surface area contributed by atoms with E-state index in [0.29, 0.717) is 8.67 Å². The second-order valence-corrected chi connectivity index (χ2v) is 6.12. The van der Waals surface area contributed by atoms with E-state index in [0.717, 1.165) is 31.5 Å². The van der Waals surface area contributed by atoms with E-state index in [-0.39, 0.29) is 5.92 Å². The SMILES string of the molecule is OC(c1cc(Cl)sc1Cl)C1CCCNC1. The van der Waals surface area contributed by atoms with E-state index in [1.807, 2.05) is 0 Å². The van der Waals surface area contributed by atoms with Gasteiger partial charge in [0.05, 0.1) is 10.4 Å². The highest BCUT2D eigenvalue weighted by molar-refractivity contribution is 7.20. The van der Waals surface area contributed by atoms with Crippen LogP contribution < -0.4 is 5.32 Å². The Bertz CT molecular complexity index is 336. The van der Waals surface area contributed by atoms with E-state index in [9.17, 15) is 5.11 Å². The minimum absolute atomic E-state index is 0.252. The van der Waals surface area contributed by atoms with Crippen LogP contribution in [0.15, 0.2) is 6.07 Å². The molecular formula is C10H13Cl2NOS. The van der Waals surface area contributed by atoms with Gasteiger partial charge in [-0.05, 0) is 25.5 Å². The fourth-order valence-corrected chi connectivity index (χ4v) is 3.49. The molecule has 1 aromatic heterocycles. The Morgan fingerprint density at radius 3 is 2.87 bits per heavy atom. The van der Waals surface area contributed by atoms with E-state index < -0.39 is 6.10 Å². The van der Waals surface area contributed by atoms with Gasteiger partial charge >= 0.3 is 0 Å². The van der Waals surface area contributed by atoms with Gasteiger partial charge in [-0.15, -0.1) is 11.3 Å². The highest BCUT2D eigenvalue weighted by Crippen LogP contribution is 2.38. The van der Waals surface area contributed by atoms with Gasteiger partial charge in [-0.2, -0.15) is 0 Å². The molecule has 1 fully saturated rings. The van der Waals surface area contributed by atoms with E-state index in [4.69, 9.17) is 23.2 Å². The van der Waals surface area contributed by atoms with E-state index in [1.54, 1.807) is 6.07 Å². The number of hydrogen-bond acceptors (Lipinski definition) is 3. The predicted molar refractivity (Wildman–Crippen MR) is 64.9 cm³/mol. The summed E-state index contributed by atoms with van der Waals surface area (Å²) in [4.78, 5) is 0. The third kappa shape index (κ3) is 2.66. The topological polar surface area (TPSA) is 32.3 Å². The molecular weight excluding hydrogens is 253 g/mol. The molecule has 0 aromatic carbocycles. The molecule has 0 bridgehead atoms. The number of hydrogen-bond donors (Lipinski definition) is 2. The van der Waals surface area contributed by atoms with Gasteiger partial charge in [0, 0.05) is 18.0 Å². The molecule has 84 valence electrons. The molecule has 0 saturated carbocycles. The first-order chi connectivity index (χ1) is 7.18. The normalized spacial score (nSPS) is 24.1. The van der Waals surface area contributed by atoms with Gasteiger partial charge < -0.3 is 10.4 Å². The number of rotatable bonds is 2. The summed E-state index contributed by atoms with van der Waals surface area (Å²) in [6.45, 7) is 1.90. The molecule has 0 amide bonds. The summed E-state index contributed by atoms with van der Waals surface area (Å²) in [5.41, 5.74) is 0.778. The number of nitrogens with one attached hydrogen (secondary N) is 1. The van der Waals surface area contributed by atoms with Gasteiger partial charge in [0.1, 0.15) is 4.34 Å². The number of halogens is 2. The summed E-state index contributed by atoms with van der Waals surface area (Å²) in [5.74, 6) is 0.252. The fraction of sp³-hybridized carbons (Fsp3) is 0.600. The molecule has 0 aliphatic carbocycles. The Kier molecular flexibility index (Phi) is 3.91. The molecule has 1 aliphatic heterocycles. The van der Waals surface area contributed by atoms with Crippen molar-refractivity contribution < 1.29 is 5.11 Å². The van der Waals surface area contributed by atoms with Crippen molar-refractivity contribution >= 4 is 34.5 Å². The zero-order valence-corrected chi connectivity index (χ0v) is 10.5. The van der Waals surface area contributed by atoms with Crippen LogP contribution in [0.2, 0.25) is 8.67 Å².